The van der Waals surface area contributed by atoms with Crippen molar-refractivity contribution >= 4 is 38.7 Å². The smallest absolute Gasteiger partial charge is 0.355 e. The molecule has 0 aliphatic carbocycles. The quantitative estimate of drug-likeness (QED) is 0.124. The Kier molecular flexibility index (Phi) is 8.91. The number of esters is 2. The van der Waals surface area contributed by atoms with Gasteiger partial charge in [0, 0.05) is 22.9 Å². The number of aliphatic imine (C=N–C) groups is 1. The maximum Gasteiger partial charge on any atom is 0.355 e. The van der Waals surface area contributed by atoms with Crippen molar-refractivity contribution in [1.82, 2.24) is 14.3 Å². The number of methoxy groups -OCH3 is 1. The molecule has 5 aromatic rings. The summed E-state index contributed by atoms with van der Waals surface area (Å²) in [5.41, 5.74) is 2.41. The summed E-state index contributed by atoms with van der Waals surface area (Å²) in [6.45, 7) is 4.96. The number of nitrogens with one attached hydrogen (secondary N) is 1. The number of benzene rings is 3. The van der Waals surface area contributed by atoms with Crippen LogP contribution in [0.2, 0.25) is 0 Å². The second-order valence-corrected chi connectivity index (χ2v) is 14.6. The number of ether oxygens (including phenoxy) is 3. The zero-order valence-corrected chi connectivity index (χ0v) is 29.8. The Morgan fingerprint density at radius 3 is 2.50 bits per heavy atom. The molecule has 1 unspecified atom stereocenters. The molecule has 0 amide bonds. The second-order valence-electron chi connectivity index (χ2n) is 12.9. The van der Waals surface area contributed by atoms with Gasteiger partial charge in [-0.2, -0.15) is 0 Å². The largest absolute Gasteiger partial charge is 0.497 e. The zero-order valence-electron chi connectivity index (χ0n) is 29.0. The van der Waals surface area contributed by atoms with E-state index in [1.54, 1.807) is 54.0 Å². The van der Waals surface area contributed by atoms with Crippen LogP contribution in [0.4, 0.5) is 0 Å². The lowest BCUT2D eigenvalue weighted by Gasteiger charge is -2.36. The number of rotatable bonds is 9. The van der Waals surface area contributed by atoms with Gasteiger partial charge in [0.2, 0.25) is 5.60 Å². The number of carbonyl (C=O) groups is 2. The van der Waals surface area contributed by atoms with Gasteiger partial charge in [-0.1, -0.05) is 55.0 Å². The molecule has 3 aromatic carbocycles. The van der Waals surface area contributed by atoms with Gasteiger partial charge in [-0.25, -0.2) is 23.0 Å². The monoisotopic (exact) mass is 720 g/mol. The third-order valence-corrected chi connectivity index (χ3v) is 10.9. The summed E-state index contributed by atoms with van der Waals surface area (Å²) in [5.74, 6) is -1.15. The molecule has 0 saturated heterocycles. The number of hydrogen-bond donors (Lipinski definition) is 1. The highest BCUT2D eigenvalue weighted by Crippen LogP contribution is 2.41. The SMILES string of the molecule is CC[C@@]1(OC(=O)C(C)N=C(Cc2ccc(OC)cc2)NS(=O)(=O)c2ccc(C)cc2)C(=O)OCc2c1cc1n(c2=O)Cc2cc3ccccc3nc2-1. The van der Waals surface area contributed by atoms with Crippen LogP contribution in [0.15, 0.2) is 99.6 Å². The highest BCUT2D eigenvalue weighted by atomic mass is 32.2. The third kappa shape index (κ3) is 6.21. The Morgan fingerprint density at radius 1 is 1.06 bits per heavy atom. The summed E-state index contributed by atoms with van der Waals surface area (Å²) in [4.78, 5) is 50.8. The fraction of sp³-hybridized carbons (Fsp3) is 0.256. The lowest BCUT2D eigenvalue weighted by atomic mass is 9.85. The Labute approximate surface area is 300 Å². The van der Waals surface area contributed by atoms with E-state index in [0.717, 1.165) is 22.0 Å². The van der Waals surface area contributed by atoms with E-state index in [1.807, 2.05) is 37.3 Å². The molecule has 7 rings (SSSR count). The number of cyclic esters (lactones) is 1. The summed E-state index contributed by atoms with van der Waals surface area (Å²) < 4.78 is 47.8. The minimum atomic E-state index is -4.10. The topological polar surface area (TPSA) is 155 Å². The van der Waals surface area contributed by atoms with Crippen molar-refractivity contribution in [2.45, 2.75) is 63.3 Å². The molecule has 12 nitrogen and oxygen atoms in total. The van der Waals surface area contributed by atoms with Gasteiger partial charge in [0.05, 0.1) is 41.0 Å². The summed E-state index contributed by atoms with van der Waals surface area (Å²) in [7, 11) is -2.56. The van der Waals surface area contributed by atoms with E-state index in [2.05, 4.69) is 9.71 Å². The summed E-state index contributed by atoms with van der Waals surface area (Å²) in [5, 5.41) is 0.935. The molecule has 0 bridgehead atoms. The van der Waals surface area contributed by atoms with Crippen LogP contribution in [0.1, 0.15) is 48.1 Å². The molecule has 4 heterocycles. The van der Waals surface area contributed by atoms with E-state index in [-0.39, 0.29) is 46.9 Å². The van der Waals surface area contributed by atoms with Crippen molar-refractivity contribution in [1.29, 1.82) is 0 Å². The number of fused-ring (bicyclic) bond motifs is 5. The van der Waals surface area contributed by atoms with Crippen molar-refractivity contribution in [2.75, 3.05) is 7.11 Å². The number of aromatic nitrogens is 2. The van der Waals surface area contributed by atoms with Gasteiger partial charge in [0.1, 0.15) is 24.2 Å². The fourth-order valence-corrected chi connectivity index (χ4v) is 7.65. The van der Waals surface area contributed by atoms with Gasteiger partial charge in [0.15, 0.2) is 0 Å². The fourth-order valence-electron chi connectivity index (χ4n) is 6.60. The van der Waals surface area contributed by atoms with Crippen molar-refractivity contribution in [3.8, 4) is 17.1 Å². The second kappa shape index (κ2) is 13.4. The van der Waals surface area contributed by atoms with Crippen LogP contribution in [0.3, 0.4) is 0 Å². The number of hydrogen-bond acceptors (Lipinski definition) is 10. The number of carbonyl (C=O) groups excluding carboxylic acids is 2. The zero-order chi connectivity index (χ0) is 36.8. The molecule has 52 heavy (non-hydrogen) atoms. The molecule has 266 valence electrons. The molecular formula is C39H36N4O8S. The molecule has 2 atom stereocenters. The molecule has 2 aliphatic rings. The third-order valence-electron chi connectivity index (χ3n) is 9.46. The van der Waals surface area contributed by atoms with Crippen LogP contribution < -0.4 is 15.0 Å². The minimum absolute atomic E-state index is 0.0144. The van der Waals surface area contributed by atoms with Crippen molar-refractivity contribution < 1.29 is 32.2 Å². The van der Waals surface area contributed by atoms with Gasteiger partial charge >= 0.3 is 11.9 Å². The molecule has 2 aliphatic heterocycles. The van der Waals surface area contributed by atoms with Crippen LogP contribution in [-0.2, 0) is 54.3 Å². The predicted octanol–water partition coefficient (Wildman–Crippen LogP) is 4.96. The molecule has 0 radical (unpaired) electrons. The van der Waals surface area contributed by atoms with E-state index < -0.39 is 33.6 Å². The molecule has 0 spiro atoms. The van der Waals surface area contributed by atoms with Crippen LogP contribution in [0.5, 0.6) is 5.75 Å². The average Bonchev–Trinajstić information content (AvgIpc) is 3.49. The van der Waals surface area contributed by atoms with Gasteiger partial charge in [0.25, 0.3) is 15.6 Å². The Morgan fingerprint density at radius 2 is 1.79 bits per heavy atom. The normalized spacial score (nSPS) is 17.1. The Hall–Kier alpha value is -5.82. The highest BCUT2D eigenvalue weighted by molar-refractivity contribution is 7.90. The van der Waals surface area contributed by atoms with E-state index in [0.29, 0.717) is 29.2 Å². The van der Waals surface area contributed by atoms with E-state index in [1.165, 1.54) is 26.2 Å². The van der Waals surface area contributed by atoms with Crippen molar-refractivity contribution in [3.05, 3.63) is 123 Å². The number of sulfonamides is 1. The lowest BCUT2D eigenvalue weighted by Crippen LogP contribution is -2.48. The first-order chi connectivity index (χ1) is 24.9. The van der Waals surface area contributed by atoms with E-state index >= 15 is 0 Å². The average molecular weight is 721 g/mol. The van der Waals surface area contributed by atoms with Crippen LogP contribution in [0.25, 0.3) is 22.3 Å². The number of nitrogens with zero attached hydrogens (tertiary/aromatic N) is 3. The summed E-state index contributed by atoms with van der Waals surface area (Å²) >= 11 is 0. The molecular weight excluding hydrogens is 685 g/mol. The van der Waals surface area contributed by atoms with Crippen LogP contribution >= 0.6 is 0 Å². The Balaban J connectivity index is 1.24. The summed E-state index contributed by atoms with van der Waals surface area (Å²) in [6, 6.07) is 23.3. The predicted molar refractivity (Wildman–Crippen MR) is 193 cm³/mol. The van der Waals surface area contributed by atoms with Crippen LogP contribution in [-0.4, -0.2) is 48.9 Å². The lowest BCUT2D eigenvalue weighted by molar-refractivity contribution is -0.190. The van der Waals surface area contributed by atoms with E-state index in [4.69, 9.17) is 19.2 Å². The number of aryl methyl sites for hydroxylation is 1. The molecule has 0 fully saturated rings. The molecule has 13 heteroatoms. The number of pyridine rings is 2. The van der Waals surface area contributed by atoms with Gasteiger partial charge in [-0.05, 0) is 68.3 Å². The highest BCUT2D eigenvalue weighted by Gasteiger charge is 2.51. The summed E-state index contributed by atoms with van der Waals surface area (Å²) in [6.07, 6.45) is -0.0266. The maximum absolute atomic E-state index is 13.9. The van der Waals surface area contributed by atoms with Crippen molar-refractivity contribution in [2.24, 2.45) is 4.99 Å². The van der Waals surface area contributed by atoms with E-state index in [9.17, 15) is 22.8 Å². The first-order valence-electron chi connectivity index (χ1n) is 16.8. The van der Waals surface area contributed by atoms with Crippen molar-refractivity contribution in [3.63, 3.8) is 0 Å². The van der Waals surface area contributed by atoms with Crippen LogP contribution in [0, 0.1) is 6.92 Å². The number of para-hydroxylation sites is 1. The van der Waals surface area contributed by atoms with Gasteiger partial charge in [-0.3, -0.25) is 14.5 Å². The van der Waals surface area contributed by atoms with Gasteiger partial charge < -0.3 is 18.8 Å². The minimum Gasteiger partial charge on any atom is -0.497 e. The van der Waals surface area contributed by atoms with Gasteiger partial charge in [-0.15, -0.1) is 0 Å². The number of amidine groups is 1. The molecule has 1 N–H and O–H groups in total. The first-order valence-corrected chi connectivity index (χ1v) is 18.3. The molecule has 0 saturated carbocycles. The first kappa shape index (κ1) is 34.6. The molecule has 2 aromatic heterocycles. The Bertz CT molecular complexity index is 2440. The standard InChI is InChI=1S/C39H36N4O8S/c1-5-39(31-20-33-35-27(19-26-8-6-7-9-32(26)41-35)21-43(33)36(44)30(31)22-50-38(39)46)51-37(45)24(3)40-34(18-25-12-14-28(49-4)15-13-25)42-52(47,48)29-16-10-23(2)11-17-29/h6-17,19-20,24H,5,18,21-22H2,1-4H3,(H,40,42)/t24?,39-/m0/s1. The maximum atomic E-state index is 13.9.